The van der Waals surface area contributed by atoms with E-state index in [-0.39, 0.29) is 6.61 Å². The van der Waals surface area contributed by atoms with Crippen molar-refractivity contribution in [2.45, 2.75) is 13.0 Å². The fourth-order valence-corrected chi connectivity index (χ4v) is 1.46. The van der Waals surface area contributed by atoms with Gasteiger partial charge in [0.2, 0.25) is 0 Å². The molecule has 0 saturated carbocycles. The maximum atomic E-state index is 9.66. The lowest BCUT2D eigenvalue weighted by Crippen LogP contribution is -2.34. The van der Waals surface area contributed by atoms with Crippen molar-refractivity contribution in [1.29, 1.82) is 5.26 Å². The van der Waals surface area contributed by atoms with Gasteiger partial charge >= 0.3 is 0 Å². The second-order valence-corrected chi connectivity index (χ2v) is 4.07. The predicted molar refractivity (Wildman–Crippen MR) is 69.3 cm³/mol. The van der Waals surface area contributed by atoms with Crippen LogP contribution in [0.4, 0.5) is 0 Å². The normalized spacial score (nSPS) is 11.9. The van der Waals surface area contributed by atoms with Crippen LogP contribution in [0.3, 0.4) is 0 Å². The molecule has 1 aromatic rings. The van der Waals surface area contributed by atoms with Gasteiger partial charge in [0.1, 0.15) is 24.5 Å². The Hall–Kier alpha value is -1.61. The Morgan fingerprint density at radius 2 is 2.33 bits per heavy atom. The van der Waals surface area contributed by atoms with Crippen LogP contribution in [0.1, 0.15) is 11.1 Å². The molecule has 0 heterocycles. The topological polar surface area (TPSA) is 91.3 Å². The van der Waals surface area contributed by atoms with E-state index in [9.17, 15) is 5.11 Å². The highest BCUT2D eigenvalue weighted by molar-refractivity contribution is 5.44. The first-order valence-corrected chi connectivity index (χ1v) is 5.89. The summed E-state index contributed by atoms with van der Waals surface area (Å²) in [6.07, 6.45) is -0.622. The first-order valence-electron chi connectivity index (χ1n) is 5.89. The van der Waals surface area contributed by atoms with Crippen LogP contribution in [0.2, 0.25) is 0 Å². The van der Waals surface area contributed by atoms with Crippen LogP contribution in [0, 0.1) is 18.3 Å². The Morgan fingerprint density at radius 3 is 3.00 bits per heavy atom. The van der Waals surface area contributed by atoms with Crippen LogP contribution in [0.5, 0.6) is 5.75 Å². The first kappa shape index (κ1) is 14.5. The Bertz CT molecular complexity index is 415. The number of nitrogens with zero attached hydrogens (tertiary/aromatic N) is 1. The second-order valence-electron chi connectivity index (χ2n) is 4.07. The van der Waals surface area contributed by atoms with E-state index in [2.05, 4.69) is 11.4 Å². The molecule has 0 radical (unpaired) electrons. The molecule has 1 aromatic carbocycles. The van der Waals surface area contributed by atoms with Crippen molar-refractivity contribution in [2.24, 2.45) is 5.73 Å². The van der Waals surface area contributed by atoms with Crippen molar-refractivity contribution in [3.8, 4) is 11.8 Å². The molecule has 0 aromatic heterocycles. The number of hydrogen-bond acceptors (Lipinski definition) is 5. The van der Waals surface area contributed by atoms with Crippen molar-refractivity contribution in [3.63, 3.8) is 0 Å². The molecule has 0 aliphatic heterocycles. The quantitative estimate of drug-likeness (QED) is 0.599. The number of aliphatic hydroxyl groups excluding tert-OH is 1. The van der Waals surface area contributed by atoms with E-state index in [0.717, 1.165) is 5.56 Å². The van der Waals surface area contributed by atoms with E-state index >= 15 is 0 Å². The van der Waals surface area contributed by atoms with Gasteiger partial charge in [0.15, 0.2) is 0 Å². The average Bonchev–Trinajstić information content (AvgIpc) is 2.37. The van der Waals surface area contributed by atoms with Crippen molar-refractivity contribution in [1.82, 2.24) is 5.32 Å². The molecule has 1 atom stereocenters. The molecule has 98 valence electrons. The summed E-state index contributed by atoms with van der Waals surface area (Å²) in [5, 5.41) is 21.6. The van der Waals surface area contributed by atoms with Crippen LogP contribution in [0.25, 0.3) is 0 Å². The number of nitrogens with one attached hydrogen (secondary N) is 1. The minimum Gasteiger partial charge on any atom is -0.489 e. The summed E-state index contributed by atoms with van der Waals surface area (Å²) in [7, 11) is 0. The van der Waals surface area contributed by atoms with Crippen LogP contribution < -0.4 is 15.8 Å². The lowest BCUT2D eigenvalue weighted by atomic mass is 10.1. The van der Waals surface area contributed by atoms with Gasteiger partial charge in [-0.3, -0.25) is 0 Å². The molecule has 18 heavy (non-hydrogen) atoms. The van der Waals surface area contributed by atoms with E-state index in [4.69, 9.17) is 15.7 Å². The summed E-state index contributed by atoms with van der Waals surface area (Å²) < 4.78 is 5.46. The van der Waals surface area contributed by atoms with Crippen molar-refractivity contribution < 1.29 is 9.84 Å². The fraction of sp³-hybridized carbons (Fsp3) is 0.462. The zero-order valence-electron chi connectivity index (χ0n) is 10.5. The number of nitriles is 1. The van der Waals surface area contributed by atoms with Crippen molar-refractivity contribution in [2.75, 3.05) is 26.2 Å². The van der Waals surface area contributed by atoms with E-state index in [0.29, 0.717) is 30.9 Å². The molecule has 4 N–H and O–H groups in total. The fourth-order valence-electron chi connectivity index (χ4n) is 1.46. The number of aryl methyl sites for hydroxylation is 1. The molecule has 5 heteroatoms. The summed E-state index contributed by atoms with van der Waals surface area (Å²) >= 11 is 0. The van der Waals surface area contributed by atoms with Gasteiger partial charge in [-0.05, 0) is 24.6 Å². The largest absolute Gasteiger partial charge is 0.489 e. The molecule has 1 rings (SSSR count). The van der Waals surface area contributed by atoms with E-state index in [1.807, 2.05) is 13.0 Å². The molecule has 0 bridgehead atoms. The summed E-state index contributed by atoms with van der Waals surface area (Å²) in [6, 6.07) is 7.41. The number of hydrogen-bond donors (Lipinski definition) is 3. The number of ether oxygens (including phenoxy) is 1. The van der Waals surface area contributed by atoms with Crippen molar-refractivity contribution >= 4 is 0 Å². The van der Waals surface area contributed by atoms with E-state index in [1.165, 1.54) is 0 Å². The lowest BCUT2D eigenvalue weighted by molar-refractivity contribution is 0.106. The number of benzene rings is 1. The molecular formula is C13H19N3O2. The van der Waals surface area contributed by atoms with E-state index in [1.54, 1.807) is 12.1 Å². The monoisotopic (exact) mass is 249 g/mol. The van der Waals surface area contributed by atoms with Gasteiger partial charge in [0, 0.05) is 19.6 Å². The minimum absolute atomic E-state index is 0.149. The SMILES string of the molecule is Cc1ccc(C#N)c(OC[C@@H](O)CNCCN)c1. The molecule has 0 saturated heterocycles. The Balaban J connectivity index is 2.47. The Labute approximate surface area is 107 Å². The van der Waals surface area contributed by atoms with Crippen LogP contribution in [0.15, 0.2) is 18.2 Å². The zero-order chi connectivity index (χ0) is 13.4. The lowest BCUT2D eigenvalue weighted by Gasteiger charge is -2.14. The molecule has 0 aliphatic rings. The molecule has 0 unspecified atom stereocenters. The van der Waals surface area contributed by atoms with Crippen LogP contribution in [-0.4, -0.2) is 37.5 Å². The third-order valence-electron chi connectivity index (χ3n) is 2.39. The summed E-state index contributed by atoms with van der Waals surface area (Å²) in [5.74, 6) is 0.510. The molecule has 0 spiro atoms. The molecule has 0 amide bonds. The Morgan fingerprint density at radius 1 is 1.56 bits per heavy atom. The van der Waals surface area contributed by atoms with Gasteiger partial charge in [0.25, 0.3) is 0 Å². The third-order valence-corrected chi connectivity index (χ3v) is 2.39. The summed E-state index contributed by atoms with van der Waals surface area (Å²) in [6.45, 7) is 3.68. The average molecular weight is 249 g/mol. The predicted octanol–water partition coefficient (Wildman–Crippen LogP) is 0.155. The molecule has 0 aliphatic carbocycles. The highest BCUT2D eigenvalue weighted by atomic mass is 16.5. The van der Waals surface area contributed by atoms with E-state index < -0.39 is 6.10 Å². The molecular weight excluding hydrogens is 230 g/mol. The summed E-state index contributed by atoms with van der Waals surface area (Å²) in [4.78, 5) is 0. The standard InChI is InChI=1S/C13H19N3O2/c1-10-2-3-11(7-15)13(6-10)18-9-12(17)8-16-5-4-14/h2-3,6,12,16-17H,4-5,8-9,14H2,1H3/t12-/m0/s1. The highest BCUT2D eigenvalue weighted by Crippen LogP contribution is 2.19. The smallest absolute Gasteiger partial charge is 0.137 e. The van der Waals surface area contributed by atoms with Crippen LogP contribution >= 0.6 is 0 Å². The first-order chi connectivity index (χ1) is 8.67. The van der Waals surface area contributed by atoms with Gasteiger partial charge in [-0.15, -0.1) is 0 Å². The third kappa shape index (κ3) is 4.72. The molecule has 5 nitrogen and oxygen atoms in total. The molecule has 0 fully saturated rings. The van der Waals surface area contributed by atoms with Gasteiger partial charge in [-0.2, -0.15) is 5.26 Å². The zero-order valence-corrected chi connectivity index (χ0v) is 10.5. The van der Waals surface area contributed by atoms with Gasteiger partial charge < -0.3 is 20.9 Å². The summed E-state index contributed by atoms with van der Waals surface area (Å²) in [5.41, 5.74) is 6.81. The van der Waals surface area contributed by atoms with Crippen LogP contribution in [-0.2, 0) is 0 Å². The second kappa shape index (κ2) is 7.67. The highest BCUT2D eigenvalue weighted by Gasteiger charge is 2.08. The number of rotatable bonds is 7. The number of nitrogens with two attached hydrogens (primary N) is 1. The maximum absolute atomic E-state index is 9.66. The Kier molecular flexibility index (Phi) is 6.15. The van der Waals surface area contributed by atoms with Gasteiger partial charge in [0.05, 0.1) is 5.56 Å². The van der Waals surface area contributed by atoms with Gasteiger partial charge in [-0.1, -0.05) is 6.07 Å². The van der Waals surface area contributed by atoms with Gasteiger partial charge in [-0.25, -0.2) is 0 Å². The minimum atomic E-state index is -0.622. The van der Waals surface area contributed by atoms with Crippen molar-refractivity contribution in [3.05, 3.63) is 29.3 Å². The number of aliphatic hydroxyl groups is 1. The maximum Gasteiger partial charge on any atom is 0.137 e.